The zero-order chi connectivity index (χ0) is 13.2. The van der Waals surface area contributed by atoms with Crippen molar-refractivity contribution in [1.29, 1.82) is 0 Å². The summed E-state index contributed by atoms with van der Waals surface area (Å²) in [4.78, 5) is 12.0. The Kier molecular flexibility index (Phi) is 3.52. The van der Waals surface area contributed by atoms with Crippen LogP contribution >= 0.6 is 0 Å². The van der Waals surface area contributed by atoms with Crippen molar-refractivity contribution in [3.05, 3.63) is 30.1 Å². The molecule has 1 heterocycles. The maximum atomic E-state index is 12.9. The molecule has 18 heavy (non-hydrogen) atoms. The molecule has 2 unspecified atom stereocenters. The Morgan fingerprint density at radius 2 is 2.17 bits per heavy atom. The molecule has 98 valence electrons. The molecular formula is C13H16FNO3. The Morgan fingerprint density at radius 1 is 1.50 bits per heavy atom. The highest BCUT2D eigenvalue weighted by Crippen LogP contribution is 2.31. The largest absolute Gasteiger partial charge is 0.467 e. The van der Waals surface area contributed by atoms with E-state index in [0.29, 0.717) is 18.7 Å². The van der Waals surface area contributed by atoms with Crippen LogP contribution in [-0.4, -0.2) is 31.3 Å². The number of methoxy groups -OCH3 is 1. The lowest BCUT2D eigenvalue weighted by atomic mass is 9.91. The Hall–Kier alpha value is -1.62. The molecule has 5 heteroatoms. The Bertz CT molecular complexity index is 434. The summed E-state index contributed by atoms with van der Waals surface area (Å²) in [6.45, 7) is 2.31. The minimum absolute atomic E-state index is 0.296. The summed E-state index contributed by atoms with van der Waals surface area (Å²) in [7, 11) is 1.35. The van der Waals surface area contributed by atoms with Gasteiger partial charge in [0.05, 0.1) is 13.2 Å². The van der Waals surface area contributed by atoms with Crippen LogP contribution in [0.5, 0.6) is 0 Å². The maximum Gasteiger partial charge on any atom is 0.334 e. The highest BCUT2D eigenvalue weighted by atomic mass is 19.1. The Labute approximate surface area is 105 Å². The zero-order valence-electron chi connectivity index (χ0n) is 10.4. The second kappa shape index (κ2) is 4.94. The molecule has 0 spiro atoms. The van der Waals surface area contributed by atoms with Crippen molar-refractivity contribution in [3.8, 4) is 0 Å². The van der Waals surface area contributed by atoms with Gasteiger partial charge in [0.2, 0.25) is 0 Å². The normalized spacial score (nSPS) is 26.9. The van der Waals surface area contributed by atoms with E-state index < -0.39 is 5.54 Å². The second-order valence-electron chi connectivity index (χ2n) is 4.36. The van der Waals surface area contributed by atoms with Crippen molar-refractivity contribution in [3.63, 3.8) is 0 Å². The van der Waals surface area contributed by atoms with Gasteiger partial charge >= 0.3 is 5.97 Å². The predicted molar refractivity (Wildman–Crippen MR) is 64.8 cm³/mol. The van der Waals surface area contributed by atoms with Gasteiger partial charge in [-0.1, -0.05) is 0 Å². The molecule has 1 aromatic carbocycles. The summed E-state index contributed by atoms with van der Waals surface area (Å²) < 4.78 is 23.2. The fourth-order valence-electron chi connectivity index (χ4n) is 2.20. The molecule has 4 nitrogen and oxygen atoms in total. The van der Waals surface area contributed by atoms with Gasteiger partial charge in [-0.25, -0.2) is 9.18 Å². The number of hydrogen-bond donors (Lipinski definition) is 1. The van der Waals surface area contributed by atoms with Gasteiger partial charge in [0.15, 0.2) is 5.54 Å². The number of anilines is 1. The van der Waals surface area contributed by atoms with E-state index in [1.807, 2.05) is 6.92 Å². The van der Waals surface area contributed by atoms with Crippen molar-refractivity contribution in [1.82, 2.24) is 0 Å². The SMILES string of the molecule is COC(=O)C1(Nc2ccc(F)cc2)CCOC1C. The molecule has 1 aliphatic heterocycles. The number of hydrogen-bond acceptors (Lipinski definition) is 4. The van der Waals surface area contributed by atoms with Crippen LogP contribution in [-0.2, 0) is 14.3 Å². The summed E-state index contributed by atoms with van der Waals surface area (Å²) in [5.74, 6) is -0.680. The van der Waals surface area contributed by atoms with Gasteiger partial charge in [0.1, 0.15) is 5.82 Å². The second-order valence-corrected chi connectivity index (χ2v) is 4.36. The number of nitrogens with one attached hydrogen (secondary N) is 1. The molecule has 0 radical (unpaired) electrons. The third-order valence-electron chi connectivity index (χ3n) is 3.32. The molecule has 2 atom stereocenters. The summed E-state index contributed by atoms with van der Waals surface area (Å²) in [5, 5.41) is 3.12. The van der Waals surface area contributed by atoms with Crippen molar-refractivity contribution in [2.24, 2.45) is 0 Å². The first-order valence-corrected chi connectivity index (χ1v) is 5.82. The first kappa shape index (κ1) is 12.8. The highest BCUT2D eigenvalue weighted by Gasteiger charge is 2.49. The van der Waals surface area contributed by atoms with E-state index in [0.717, 1.165) is 0 Å². The van der Waals surface area contributed by atoms with Crippen molar-refractivity contribution >= 4 is 11.7 Å². The van der Waals surface area contributed by atoms with Crippen molar-refractivity contribution < 1.29 is 18.7 Å². The number of ether oxygens (including phenoxy) is 2. The molecule has 0 aromatic heterocycles. The van der Waals surface area contributed by atoms with Gasteiger partial charge in [-0.3, -0.25) is 0 Å². The van der Waals surface area contributed by atoms with Crippen molar-refractivity contribution in [2.45, 2.75) is 25.0 Å². The number of benzene rings is 1. The zero-order valence-corrected chi connectivity index (χ0v) is 10.4. The summed E-state index contributed by atoms with van der Waals surface area (Å²) in [6, 6.07) is 5.86. The van der Waals surface area contributed by atoms with Crippen LogP contribution in [0, 0.1) is 5.82 Å². The monoisotopic (exact) mass is 253 g/mol. The fraction of sp³-hybridized carbons (Fsp3) is 0.462. The predicted octanol–water partition coefficient (Wildman–Crippen LogP) is 1.96. The van der Waals surface area contributed by atoms with E-state index in [1.54, 1.807) is 12.1 Å². The molecule has 2 rings (SSSR count). The quantitative estimate of drug-likeness (QED) is 0.836. The van der Waals surface area contributed by atoms with Gasteiger partial charge in [0, 0.05) is 18.7 Å². The molecule has 1 saturated heterocycles. The van der Waals surface area contributed by atoms with Crippen molar-refractivity contribution in [2.75, 3.05) is 19.0 Å². The number of halogens is 1. The Balaban J connectivity index is 2.26. The van der Waals surface area contributed by atoms with Gasteiger partial charge in [-0.15, -0.1) is 0 Å². The summed E-state index contributed by atoms with van der Waals surface area (Å²) in [5.41, 5.74) is -0.230. The number of esters is 1. The van der Waals surface area contributed by atoms with Crippen LogP contribution in [0.25, 0.3) is 0 Å². The first-order valence-electron chi connectivity index (χ1n) is 5.82. The molecule has 1 aliphatic rings. The summed E-state index contributed by atoms with van der Waals surface area (Å²) >= 11 is 0. The van der Waals surface area contributed by atoms with Crippen LogP contribution in [0.2, 0.25) is 0 Å². The first-order chi connectivity index (χ1) is 8.58. The molecule has 1 fully saturated rings. The lowest BCUT2D eigenvalue weighted by molar-refractivity contribution is -0.147. The van der Waals surface area contributed by atoms with Gasteiger partial charge < -0.3 is 14.8 Å². The Morgan fingerprint density at radius 3 is 2.67 bits per heavy atom. The highest BCUT2D eigenvalue weighted by molar-refractivity contribution is 5.85. The molecule has 1 aromatic rings. The van der Waals surface area contributed by atoms with Crippen LogP contribution in [0.4, 0.5) is 10.1 Å². The van der Waals surface area contributed by atoms with E-state index in [1.165, 1.54) is 19.2 Å². The van der Waals surface area contributed by atoms with E-state index in [4.69, 9.17) is 9.47 Å². The van der Waals surface area contributed by atoms with E-state index in [-0.39, 0.29) is 17.9 Å². The third kappa shape index (κ3) is 2.18. The fourth-order valence-corrected chi connectivity index (χ4v) is 2.20. The third-order valence-corrected chi connectivity index (χ3v) is 3.32. The lowest BCUT2D eigenvalue weighted by Crippen LogP contribution is -2.52. The number of carbonyl (C=O) groups is 1. The van der Waals surface area contributed by atoms with Crippen LogP contribution in [0.1, 0.15) is 13.3 Å². The lowest BCUT2D eigenvalue weighted by Gasteiger charge is -2.31. The number of carbonyl (C=O) groups excluding carboxylic acids is 1. The van der Waals surface area contributed by atoms with E-state index in [9.17, 15) is 9.18 Å². The average Bonchev–Trinajstić information content (AvgIpc) is 2.74. The topological polar surface area (TPSA) is 47.6 Å². The molecule has 0 aliphatic carbocycles. The van der Waals surface area contributed by atoms with Gasteiger partial charge in [-0.2, -0.15) is 0 Å². The molecule has 0 amide bonds. The molecule has 0 bridgehead atoms. The van der Waals surface area contributed by atoms with Crippen LogP contribution in [0.3, 0.4) is 0 Å². The van der Waals surface area contributed by atoms with E-state index in [2.05, 4.69) is 5.32 Å². The maximum absolute atomic E-state index is 12.9. The molecule has 1 N–H and O–H groups in total. The molecular weight excluding hydrogens is 237 g/mol. The van der Waals surface area contributed by atoms with E-state index >= 15 is 0 Å². The van der Waals surface area contributed by atoms with Gasteiger partial charge in [-0.05, 0) is 31.2 Å². The minimum Gasteiger partial charge on any atom is -0.467 e. The summed E-state index contributed by atoms with van der Waals surface area (Å²) in [6.07, 6.45) is 0.230. The van der Waals surface area contributed by atoms with Crippen LogP contribution < -0.4 is 5.32 Å². The van der Waals surface area contributed by atoms with Crippen LogP contribution in [0.15, 0.2) is 24.3 Å². The van der Waals surface area contributed by atoms with Gasteiger partial charge in [0.25, 0.3) is 0 Å². The number of rotatable bonds is 3. The average molecular weight is 253 g/mol. The minimum atomic E-state index is -0.896. The smallest absolute Gasteiger partial charge is 0.334 e. The molecule has 0 saturated carbocycles. The standard InChI is InChI=1S/C13H16FNO3/c1-9-13(7-8-18-9,12(16)17-2)15-11-5-3-10(14)4-6-11/h3-6,9,15H,7-8H2,1-2H3.